The maximum Gasteiger partial charge on any atom is 0.312 e. The van der Waals surface area contributed by atoms with E-state index in [1.165, 1.54) is 21.3 Å². The molecule has 6 rings (SSSR count). The molecule has 0 aliphatic carbocycles. The van der Waals surface area contributed by atoms with Crippen molar-refractivity contribution >= 4 is 28.7 Å². The number of fused-ring (bicyclic) bond motifs is 4. The minimum Gasteiger partial charge on any atom is -0.497 e. The monoisotopic (exact) mass is 555 g/mol. The van der Waals surface area contributed by atoms with Crippen LogP contribution in [0.3, 0.4) is 0 Å². The van der Waals surface area contributed by atoms with Gasteiger partial charge in [0, 0.05) is 34.7 Å². The Morgan fingerprint density at radius 3 is 2.32 bits per heavy atom. The van der Waals surface area contributed by atoms with Gasteiger partial charge in [0.2, 0.25) is 5.78 Å². The highest BCUT2D eigenvalue weighted by Gasteiger charge is 2.39. The normalized spacial score (nSPS) is 16.6. The van der Waals surface area contributed by atoms with Crippen molar-refractivity contribution in [2.75, 3.05) is 28.4 Å². The molecule has 1 aromatic heterocycles. The smallest absolute Gasteiger partial charge is 0.312 e. The molecule has 2 aliphatic rings. The van der Waals surface area contributed by atoms with Crippen LogP contribution in [0.25, 0.3) is 17.0 Å². The van der Waals surface area contributed by atoms with Gasteiger partial charge in [-0.15, -0.1) is 0 Å². The highest BCUT2D eigenvalue weighted by atomic mass is 16.5. The molecule has 10 heteroatoms. The van der Waals surface area contributed by atoms with E-state index in [0.717, 1.165) is 5.39 Å². The van der Waals surface area contributed by atoms with Crippen LogP contribution in [0.5, 0.6) is 34.5 Å². The van der Waals surface area contributed by atoms with Crippen LogP contribution in [0.15, 0.2) is 59.1 Å². The van der Waals surface area contributed by atoms with Crippen LogP contribution in [0.2, 0.25) is 0 Å². The van der Waals surface area contributed by atoms with Gasteiger partial charge in [-0.1, -0.05) is 0 Å². The summed E-state index contributed by atoms with van der Waals surface area (Å²) >= 11 is 0. The minimum atomic E-state index is -0.709. The number of Topliss-reactive ketones (excluding diaryl/α,β-unsaturated/α-hetero) is 1. The number of hydrogen-bond donors (Lipinski definition) is 1. The predicted molar refractivity (Wildman–Crippen MR) is 149 cm³/mol. The molecule has 0 amide bonds. The molecule has 0 unspecified atom stereocenters. The molecular formula is C31H25NO9. The molecule has 0 bridgehead atoms. The number of carbonyl (C=O) groups excluding carboxylic acids is 2. The molecule has 208 valence electrons. The Bertz CT molecular complexity index is 1840. The first-order chi connectivity index (χ1) is 19.8. The predicted octanol–water partition coefficient (Wildman–Crippen LogP) is 4.62. The molecule has 0 saturated heterocycles. The summed E-state index contributed by atoms with van der Waals surface area (Å²) in [6.45, 7) is 0. The number of aromatic nitrogens is 1. The van der Waals surface area contributed by atoms with Crippen molar-refractivity contribution in [3.05, 3.63) is 86.9 Å². The van der Waals surface area contributed by atoms with Crippen LogP contribution in [0.1, 0.15) is 39.4 Å². The lowest BCUT2D eigenvalue weighted by molar-refractivity contribution is -0.135. The van der Waals surface area contributed by atoms with Crippen molar-refractivity contribution < 1.29 is 38.0 Å². The van der Waals surface area contributed by atoms with Crippen LogP contribution < -0.4 is 34.0 Å². The number of hydrogen-bond acceptors (Lipinski definition) is 9. The third-order valence-corrected chi connectivity index (χ3v) is 7.26. The van der Waals surface area contributed by atoms with E-state index in [0.29, 0.717) is 50.8 Å². The molecule has 0 spiro atoms. The summed E-state index contributed by atoms with van der Waals surface area (Å²) in [6, 6.07) is 13.5. The number of H-pyrrole nitrogens is 1. The van der Waals surface area contributed by atoms with Gasteiger partial charge >= 0.3 is 5.97 Å². The molecule has 2 aliphatic heterocycles. The first-order valence-electron chi connectivity index (χ1n) is 12.7. The SMILES string of the molecule is COc1ccc2cc([C@H]3CC(=O)Oc4ccc5c(c43)O/C(=C\c3cc(OC)c(OC)cc3OC)C5=O)c(=O)[nH]c2c1. The quantitative estimate of drug-likeness (QED) is 0.206. The maximum absolute atomic E-state index is 13.5. The third kappa shape index (κ3) is 4.33. The van der Waals surface area contributed by atoms with Gasteiger partial charge in [-0.05, 0) is 47.9 Å². The Kier molecular flexibility index (Phi) is 6.37. The zero-order chi connectivity index (χ0) is 28.8. The second-order valence-corrected chi connectivity index (χ2v) is 9.48. The number of ketones is 1. The average molecular weight is 556 g/mol. The van der Waals surface area contributed by atoms with Crippen molar-refractivity contribution in [2.24, 2.45) is 0 Å². The number of ether oxygens (including phenoxy) is 6. The Labute approximate surface area is 234 Å². The summed E-state index contributed by atoms with van der Waals surface area (Å²) in [5, 5.41) is 0.756. The lowest BCUT2D eigenvalue weighted by atomic mass is 9.85. The van der Waals surface area contributed by atoms with E-state index in [4.69, 9.17) is 28.4 Å². The lowest BCUT2D eigenvalue weighted by Gasteiger charge is -2.26. The van der Waals surface area contributed by atoms with E-state index in [-0.39, 0.29) is 35.0 Å². The standard InChI is InChI=1S/C31H25NO9/c1-36-17-6-5-15-9-20(31(35)32-21(15)12-17)19-13-27(33)40-22-8-7-18-29(34)26(41-30(18)28(19)22)11-16-10-24(38-3)25(39-4)14-23(16)37-2/h5-12,14,19H,13H2,1-4H3,(H,32,35)/b26-11-/t19-/m1/s1. The summed E-state index contributed by atoms with van der Waals surface area (Å²) in [4.78, 5) is 42.3. The fourth-order valence-electron chi connectivity index (χ4n) is 5.26. The molecule has 41 heavy (non-hydrogen) atoms. The average Bonchev–Trinajstić information content (AvgIpc) is 3.30. The number of allylic oxidation sites excluding steroid dienone is 1. The topological polar surface area (TPSA) is 122 Å². The summed E-state index contributed by atoms with van der Waals surface area (Å²) in [5.74, 6) is 0.891. The molecule has 3 aromatic carbocycles. The number of carbonyl (C=O) groups is 2. The van der Waals surface area contributed by atoms with Crippen LogP contribution in [-0.2, 0) is 4.79 Å². The van der Waals surface area contributed by atoms with E-state index in [1.54, 1.807) is 55.7 Å². The molecular weight excluding hydrogens is 530 g/mol. The van der Waals surface area contributed by atoms with Crippen molar-refractivity contribution in [2.45, 2.75) is 12.3 Å². The van der Waals surface area contributed by atoms with Crippen molar-refractivity contribution in [1.29, 1.82) is 0 Å². The van der Waals surface area contributed by atoms with Gasteiger partial charge in [0.1, 0.15) is 23.0 Å². The molecule has 0 fully saturated rings. The van der Waals surface area contributed by atoms with Gasteiger partial charge in [-0.3, -0.25) is 14.4 Å². The molecule has 0 radical (unpaired) electrons. The van der Waals surface area contributed by atoms with Crippen LogP contribution in [0, 0.1) is 0 Å². The molecule has 1 N–H and O–H groups in total. The van der Waals surface area contributed by atoms with Gasteiger partial charge in [-0.25, -0.2) is 0 Å². The van der Waals surface area contributed by atoms with E-state index < -0.39 is 11.9 Å². The van der Waals surface area contributed by atoms with Crippen LogP contribution in [0.4, 0.5) is 0 Å². The second-order valence-electron chi connectivity index (χ2n) is 9.48. The van der Waals surface area contributed by atoms with E-state index in [9.17, 15) is 14.4 Å². The minimum absolute atomic E-state index is 0.0362. The highest BCUT2D eigenvalue weighted by Crippen LogP contribution is 2.49. The fourth-order valence-corrected chi connectivity index (χ4v) is 5.26. The molecule has 10 nitrogen and oxygen atoms in total. The number of esters is 1. The van der Waals surface area contributed by atoms with Gasteiger partial charge in [0.15, 0.2) is 17.3 Å². The molecule has 1 atom stereocenters. The van der Waals surface area contributed by atoms with Gasteiger partial charge in [0.25, 0.3) is 5.56 Å². The zero-order valence-electron chi connectivity index (χ0n) is 22.7. The van der Waals surface area contributed by atoms with Crippen molar-refractivity contribution in [1.82, 2.24) is 4.98 Å². The Balaban J connectivity index is 1.47. The second kappa shape index (κ2) is 10.1. The fraction of sp³-hybridized carbons (Fsp3) is 0.194. The molecule has 3 heterocycles. The summed E-state index contributed by atoms with van der Waals surface area (Å²) in [7, 11) is 6.07. The number of rotatable bonds is 6. The largest absolute Gasteiger partial charge is 0.497 e. The van der Waals surface area contributed by atoms with E-state index >= 15 is 0 Å². The highest BCUT2D eigenvalue weighted by molar-refractivity contribution is 6.15. The number of pyridine rings is 1. The van der Waals surface area contributed by atoms with Crippen LogP contribution in [-0.4, -0.2) is 45.2 Å². The zero-order valence-corrected chi connectivity index (χ0v) is 22.7. The first kappa shape index (κ1) is 26.0. The summed E-state index contributed by atoms with van der Waals surface area (Å²) in [6.07, 6.45) is 1.45. The van der Waals surface area contributed by atoms with E-state index in [1.807, 2.05) is 6.07 Å². The Morgan fingerprint density at radius 1 is 0.829 bits per heavy atom. The Hall–Kier alpha value is -5.25. The van der Waals surface area contributed by atoms with Gasteiger partial charge < -0.3 is 33.4 Å². The van der Waals surface area contributed by atoms with Crippen LogP contribution >= 0.6 is 0 Å². The van der Waals surface area contributed by atoms with E-state index in [2.05, 4.69) is 4.98 Å². The number of benzene rings is 3. The van der Waals surface area contributed by atoms with Gasteiger partial charge in [-0.2, -0.15) is 0 Å². The maximum atomic E-state index is 13.5. The Morgan fingerprint density at radius 2 is 1.59 bits per heavy atom. The summed E-state index contributed by atoms with van der Waals surface area (Å²) in [5.41, 5.74) is 1.85. The first-order valence-corrected chi connectivity index (χ1v) is 12.7. The van der Waals surface area contributed by atoms with Crippen molar-refractivity contribution in [3.8, 4) is 34.5 Å². The molecule has 4 aromatic rings. The molecule has 0 saturated carbocycles. The van der Waals surface area contributed by atoms with Crippen molar-refractivity contribution in [3.63, 3.8) is 0 Å². The third-order valence-electron chi connectivity index (χ3n) is 7.26. The summed E-state index contributed by atoms with van der Waals surface area (Å²) < 4.78 is 33.2. The number of aromatic amines is 1. The lowest BCUT2D eigenvalue weighted by Crippen LogP contribution is -2.26. The number of methoxy groups -OCH3 is 4. The number of nitrogens with one attached hydrogen (secondary N) is 1. The van der Waals surface area contributed by atoms with Gasteiger partial charge in [0.05, 0.1) is 45.9 Å².